The molecule has 0 aromatic heterocycles. The maximum atomic E-state index is 5.59. The minimum absolute atomic E-state index is 0.642. The van der Waals surface area contributed by atoms with Gasteiger partial charge in [-0.1, -0.05) is 38.1 Å². The van der Waals surface area contributed by atoms with Crippen LogP contribution < -0.4 is 5.73 Å². The summed E-state index contributed by atoms with van der Waals surface area (Å²) in [5, 5.41) is 0. The molecule has 0 fully saturated rings. The monoisotopic (exact) mass is 209 g/mol. The molecule has 78 valence electrons. The first-order valence-electron chi connectivity index (χ1n) is 5.08. The van der Waals surface area contributed by atoms with E-state index in [1.54, 1.807) is 0 Å². The van der Waals surface area contributed by atoms with Gasteiger partial charge in [-0.15, -0.1) is 0 Å². The summed E-state index contributed by atoms with van der Waals surface area (Å²) in [6.07, 6.45) is 0. The van der Waals surface area contributed by atoms with Crippen molar-refractivity contribution in [1.29, 1.82) is 0 Å². The standard InChI is InChI=1S/C12H19NS/c1-10(2)8-14-9-12-5-3-4-11(6-12)7-13/h3-6,10H,7-9,13H2,1-2H3. The Labute approximate surface area is 91.1 Å². The highest BCUT2D eigenvalue weighted by Gasteiger charge is 1.97. The lowest BCUT2D eigenvalue weighted by molar-refractivity contribution is 0.750. The van der Waals surface area contributed by atoms with Crippen molar-refractivity contribution in [3.05, 3.63) is 35.4 Å². The molecule has 2 heteroatoms. The Balaban J connectivity index is 2.42. The summed E-state index contributed by atoms with van der Waals surface area (Å²) in [4.78, 5) is 0. The minimum Gasteiger partial charge on any atom is -0.326 e. The van der Waals surface area contributed by atoms with Gasteiger partial charge in [0.15, 0.2) is 0 Å². The Morgan fingerprint density at radius 3 is 2.64 bits per heavy atom. The molecule has 1 nitrogen and oxygen atoms in total. The van der Waals surface area contributed by atoms with Crippen LogP contribution in [-0.4, -0.2) is 5.75 Å². The van der Waals surface area contributed by atoms with Crippen LogP contribution in [0.1, 0.15) is 25.0 Å². The van der Waals surface area contributed by atoms with Crippen LogP contribution in [0.3, 0.4) is 0 Å². The molecule has 1 aromatic rings. The molecule has 0 amide bonds. The third-order valence-corrected chi connectivity index (χ3v) is 3.39. The topological polar surface area (TPSA) is 26.0 Å². The highest BCUT2D eigenvalue weighted by atomic mass is 32.2. The molecule has 0 aliphatic rings. The molecule has 2 N–H and O–H groups in total. The van der Waals surface area contributed by atoms with Crippen LogP contribution in [0.5, 0.6) is 0 Å². The molecule has 0 atom stereocenters. The summed E-state index contributed by atoms with van der Waals surface area (Å²) in [7, 11) is 0. The second-order valence-electron chi connectivity index (χ2n) is 3.93. The fraction of sp³-hybridized carbons (Fsp3) is 0.500. The van der Waals surface area contributed by atoms with Gasteiger partial charge in [-0.05, 0) is 22.8 Å². The fourth-order valence-corrected chi connectivity index (χ4v) is 2.26. The van der Waals surface area contributed by atoms with E-state index in [1.165, 1.54) is 16.9 Å². The Morgan fingerprint density at radius 2 is 2.00 bits per heavy atom. The zero-order valence-corrected chi connectivity index (χ0v) is 9.81. The van der Waals surface area contributed by atoms with Gasteiger partial charge >= 0.3 is 0 Å². The van der Waals surface area contributed by atoms with Gasteiger partial charge in [0.05, 0.1) is 0 Å². The Hall–Kier alpha value is -0.470. The van der Waals surface area contributed by atoms with E-state index in [9.17, 15) is 0 Å². The number of thioether (sulfide) groups is 1. The maximum Gasteiger partial charge on any atom is 0.0184 e. The first-order chi connectivity index (χ1) is 6.72. The normalized spacial score (nSPS) is 10.9. The van der Waals surface area contributed by atoms with Gasteiger partial charge < -0.3 is 5.73 Å². The molecule has 0 aliphatic heterocycles. The van der Waals surface area contributed by atoms with E-state index in [1.807, 2.05) is 11.8 Å². The molecule has 14 heavy (non-hydrogen) atoms. The fourth-order valence-electron chi connectivity index (χ4n) is 1.26. The van der Waals surface area contributed by atoms with E-state index in [0.717, 1.165) is 11.7 Å². The number of hydrogen-bond donors (Lipinski definition) is 1. The van der Waals surface area contributed by atoms with Gasteiger partial charge in [0, 0.05) is 12.3 Å². The summed E-state index contributed by atoms with van der Waals surface area (Å²) in [6.45, 7) is 5.15. The van der Waals surface area contributed by atoms with Crippen LogP contribution in [-0.2, 0) is 12.3 Å². The van der Waals surface area contributed by atoms with Crippen molar-refractivity contribution < 1.29 is 0 Å². The van der Waals surface area contributed by atoms with Gasteiger partial charge in [-0.25, -0.2) is 0 Å². The third kappa shape index (κ3) is 4.16. The molecule has 0 saturated carbocycles. The molecule has 0 saturated heterocycles. The number of nitrogens with two attached hydrogens (primary N) is 1. The zero-order chi connectivity index (χ0) is 10.4. The maximum absolute atomic E-state index is 5.59. The van der Waals surface area contributed by atoms with E-state index in [4.69, 9.17) is 5.73 Å². The Kier molecular flexibility index (Phi) is 5.05. The van der Waals surface area contributed by atoms with Gasteiger partial charge in [0.25, 0.3) is 0 Å². The van der Waals surface area contributed by atoms with Crippen LogP contribution >= 0.6 is 11.8 Å². The second kappa shape index (κ2) is 6.10. The largest absolute Gasteiger partial charge is 0.326 e. The quantitative estimate of drug-likeness (QED) is 0.806. The van der Waals surface area contributed by atoms with Crippen LogP contribution in [0, 0.1) is 5.92 Å². The Morgan fingerprint density at radius 1 is 1.29 bits per heavy atom. The minimum atomic E-state index is 0.642. The Bertz CT molecular complexity index is 271. The van der Waals surface area contributed by atoms with E-state index < -0.39 is 0 Å². The first kappa shape index (κ1) is 11.6. The van der Waals surface area contributed by atoms with Crippen molar-refractivity contribution in [2.45, 2.75) is 26.1 Å². The smallest absolute Gasteiger partial charge is 0.0184 e. The predicted molar refractivity (Wildman–Crippen MR) is 65.3 cm³/mol. The third-order valence-electron chi connectivity index (χ3n) is 1.95. The van der Waals surface area contributed by atoms with Crippen LogP contribution in [0.15, 0.2) is 24.3 Å². The summed E-state index contributed by atoms with van der Waals surface area (Å²) in [5.41, 5.74) is 8.21. The molecule has 0 unspecified atom stereocenters. The SMILES string of the molecule is CC(C)CSCc1cccc(CN)c1. The summed E-state index contributed by atoms with van der Waals surface area (Å²) in [6, 6.07) is 8.55. The van der Waals surface area contributed by atoms with Crippen LogP contribution in [0.2, 0.25) is 0 Å². The average molecular weight is 209 g/mol. The van der Waals surface area contributed by atoms with E-state index in [0.29, 0.717) is 6.54 Å². The van der Waals surface area contributed by atoms with Gasteiger partial charge in [0.2, 0.25) is 0 Å². The predicted octanol–water partition coefficient (Wildman–Crippen LogP) is 3.03. The molecular formula is C12H19NS. The van der Waals surface area contributed by atoms with Crippen molar-refractivity contribution in [3.63, 3.8) is 0 Å². The lowest BCUT2D eigenvalue weighted by Gasteiger charge is -2.05. The van der Waals surface area contributed by atoms with Crippen molar-refractivity contribution in [3.8, 4) is 0 Å². The molecule has 1 rings (SSSR count). The van der Waals surface area contributed by atoms with E-state index >= 15 is 0 Å². The molecule has 0 heterocycles. The summed E-state index contributed by atoms with van der Waals surface area (Å²) < 4.78 is 0. The average Bonchev–Trinajstić information content (AvgIpc) is 2.18. The lowest BCUT2D eigenvalue weighted by Crippen LogP contribution is -1.97. The van der Waals surface area contributed by atoms with Crippen LogP contribution in [0.25, 0.3) is 0 Å². The van der Waals surface area contributed by atoms with Gasteiger partial charge in [-0.3, -0.25) is 0 Å². The van der Waals surface area contributed by atoms with Crippen molar-refractivity contribution in [2.75, 3.05) is 5.75 Å². The molecular weight excluding hydrogens is 190 g/mol. The molecule has 0 aliphatic carbocycles. The number of hydrogen-bond acceptors (Lipinski definition) is 2. The van der Waals surface area contributed by atoms with Crippen LogP contribution in [0.4, 0.5) is 0 Å². The van der Waals surface area contributed by atoms with E-state index in [-0.39, 0.29) is 0 Å². The molecule has 1 aromatic carbocycles. The first-order valence-corrected chi connectivity index (χ1v) is 6.23. The number of rotatable bonds is 5. The summed E-state index contributed by atoms with van der Waals surface area (Å²) >= 11 is 1.99. The highest BCUT2D eigenvalue weighted by Crippen LogP contribution is 2.16. The second-order valence-corrected chi connectivity index (χ2v) is 4.96. The lowest BCUT2D eigenvalue weighted by atomic mass is 10.1. The summed E-state index contributed by atoms with van der Waals surface area (Å²) in [5.74, 6) is 3.11. The van der Waals surface area contributed by atoms with Crippen molar-refractivity contribution in [2.24, 2.45) is 11.7 Å². The highest BCUT2D eigenvalue weighted by molar-refractivity contribution is 7.98. The van der Waals surface area contributed by atoms with Crippen molar-refractivity contribution in [1.82, 2.24) is 0 Å². The van der Waals surface area contributed by atoms with E-state index in [2.05, 4.69) is 38.1 Å². The zero-order valence-electron chi connectivity index (χ0n) is 8.99. The molecule has 0 bridgehead atoms. The number of benzene rings is 1. The molecule has 0 spiro atoms. The van der Waals surface area contributed by atoms with Crippen molar-refractivity contribution >= 4 is 11.8 Å². The molecule has 0 radical (unpaired) electrons. The van der Waals surface area contributed by atoms with Gasteiger partial charge in [0.1, 0.15) is 0 Å². The van der Waals surface area contributed by atoms with Gasteiger partial charge in [-0.2, -0.15) is 11.8 Å².